The molecule has 0 saturated heterocycles. The topological polar surface area (TPSA) is 3.24 Å². The van der Waals surface area contributed by atoms with Crippen molar-refractivity contribution < 1.29 is 0 Å². The average Bonchev–Trinajstić information content (AvgIpc) is 3.74. The molecule has 2 aliphatic heterocycles. The monoisotopic (exact) mass is 849 g/mol. The van der Waals surface area contributed by atoms with Crippen LogP contribution in [0.25, 0.3) is 55.3 Å². The summed E-state index contributed by atoms with van der Waals surface area (Å²) in [5.74, 6) is 0. The fourth-order valence-corrected chi connectivity index (χ4v) is 11.7. The summed E-state index contributed by atoms with van der Waals surface area (Å²) < 4.78 is 0. The predicted octanol–water partition coefficient (Wildman–Crippen LogP) is 14.5. The molecule has 312 valence electrons. The molecule has 11 aromatic rings. The molecule has 0 atom stereocenters. The number of fused-ring (bicyclic) bond motifs is 6. The number of para-hydroxylation sites is 2. The molecule has 13 rings (SSSR count). The maximum atomic E-state index is 2.54. The first-order valence-electron chi connectivity index (χ1n) is 23.4. The van der Waals surface area contributed by atoms with Gasteiger partial charge in [0, 0.05) is 5.69 Å². The third-order valence-electron chi connectivity index (χ3n) is 14.4. The van der Waals surface area contributed by atoms with Gasteiger partial charge < -0.3 is 4.90 Å². The highest BCUT2D eigenvalue weighted by Crippen LogP contribution is 2.57. The van der Waals surface area contributed by atoms with E-state index in [4.69, 9.17) is 0 Å². The number of rotatable bonds is 7. The van der Waals surface area contributed by atoms with E-state index in [0.717, 1.165) is 5.69 Å². The molecule has 2 heteroatoms. The van der Waals surface area contributed by atoms with E-state index in [-0.39, 0.29) is 6.71 Å². The summed E-state index contributed by atoms with van der Waals surface area (Å²) in [6.07, 6.45) is 0. The Balaban J connectivity index is 1.14. The highest BCUT2D eigenvalue weighted by Gasteiger charge is 2.47. The zero-order valence-electron chi connectivity index (χ0n) is 36.9. The Morgan fingerprint density at radius 2 is 0.836 bits per heavy atom. The van der Waals surface area contributed by atoms with Crippen LogP contribution in [-0.2, 0) is 5.41 Å². The summed E-state index contributed by atoms with van der Waals surface area (Å²) in [5, 5.41) is 2.51. The van der Waals surface area contributed by atoms with Crippen LogP contribution in [0.2, 0.25) is 0 Å². The van der Waals surface area contributed by atoms with Crippen LogP contribution >= 0.6 is 0 Å². The van der Waals surface area contributed by atoms with Gasteiger partial charge in [-0.05, 0) is 108 Å². The largest absolute Gasteiger partial charge is 0.310 e. The van der Waals surface area contributed by atoms with E-state index in [1.165, 1.54) is 105 Å². The minimum atomic E-state index is -0.564. The number of benzene rings is 11. The van der Waals surface area contributed by atoms with Crippen molar-refractivity contribution in [3.05, 3.63) is 289 Å². The molecule has 67 heavy (non-hydrogen) atoms. The molecule has 0 N–H and O–H groups in total. The van der Waals surface area contributed by atoms with Gasteiger partial charge in [-0.15, -0.1) is 0 Å². The van der Waals surface area contributed by atoms with Crippen LogP contribution in [0, 0.1) is 0 Å². The van der Waals surface area contributed by atoms with Crippen molar-refractivity contribution in [1.29, 1.82) is 0 Å². The molecule has 2 heterocycles. The third kappa shape index (κ3) is 6.10. The molecular formula is C65H44BN. The van der Waals surface area contributed by atoms with Crippen molar-refractivity contribution in [2.75, 3.05) is 4.90 Å². The predicted molar refractivity (Wildman–Crippen MR) is 283 cm³/mol. The first-order chi connectivity index (χ1) is 33.3. The molecule has 0 spiro atoms. The highest BCUT2D eigenvalue weighted by atomic mass is 15.2. The van der Waals surface area contributed by atoms with Gasteiger partial charge in [0.1, 0.15) is 0 Å². The van der Waals surface area contributed by atoms with Crippen LogP contribution in [0.4, 0.5) is 17.1 Å². The lowest BCUT2D eigenvalue weighted by Gasteiger charge is -2.46. The maximum Gasteiger partial charge on any atom is 0.244 e. The molecule has 0 aliphatic carbocycles. The van der Waals surface area contributed by atoms with Gasteiger partial charge in [0.15, 0.2) is 0 Å². The Bertz CT molecular complexity index is 3540. The normalized spacial score (nSPS) is 13.1. The molecule has 0 unspecified atom stereocenters. The van der Waals surface area contributed by atoms with Gasteiger partial charge in [-0.1, -0.05) is 253 Å². The van der Waals surface area contributed by atoms with Crippen molar-refractivity contribution in [2.24, 2.45) is 0 Å². The molecule has 0 amide bonds. The van der Waals surface area contributed by atoms with Gasteiger partial charge in [-0.25, -0.2) is 0 Å². The second-order valence-corrected chi connectivity index (χ2v) is 17.9. The molecule has 0 saturated carbocycles. The minimum absolute atomic E-state index is 0.0911. The zero-order valence-corrected chi connectivity index (χ0v) is 36.9. The molecular weight excluding hydrogens is 806 g/mol. The van der Waals surface area contributed by atoms with Crippen LogP contribution in [0.3, 0.4) is 0 Å². The summed E-state index contributed by atoms with van der Waals surface area (Å²) >= 11 is 0. The van der Waals surface area contributed by atoms with E-state index < -0.39 is 5.41 Å². The lowest BCUT2D eigenvalue weighted by molar-refractivity contribution is 0.731. The van der Waals surface area contributed by atoms with E-state index in [0.29, 0.717) is 0 Å². The van der Waals surface area contributed by atoms with Crippen molar-refractivity contribution in [1.82, 2.24) is 0 Å². The molecule has 0 bridgehead atoms. The quantitative estimate of drug-likeness (QED) is 0.144. The first kappa shape index (κ1) is 39.0. The fraction of sp³-hybridized carbons (Fsp3) is 0.0154. The molecule has 11 aromatic carbocycles. The lowest BCUT2D eigenvalue weighted by atomic mass is 9.37. The van der Waals surface area contributed by atoms with Crippen molar-refractivity contribution >= 4 is 50.9 Å². The van der Waals surface area contributed by atoms with Crippen molar-refractivity contribution in [3.8, 4) is 44.5 Å². The van der Waals surface area contributed by atoms with Crippen LogP contribution in [0.15, 0.2) is 267 Å². The second kappa shape index (κ2) is 15.9. The van der Waals surface area contributed by atoms with Crippen molar-refractivity contribution in [2.45, 2.75) is 5.41 Å². The van der Waals surface area contributed by atoms with Crippen molar-refractivity contribution in [3.63, 3.8) is 0 Å². The van der Waals surface area contributed by atoms with Crippen LogP contribution in [-0.4, -0.2) is 6.71 Å². The fourth-order valence-electron chi connectivity index (χ4n) is 11.7. The Labute approximate surface area is 393 Å². The van der Waals surface area contributed by atoms with E-state index in [9.17, 15) is 0 Å². The summed E-state index contributed by atoms with van der Waals surface area (Å²) in [5.41, 5.74) is 21.8. The standard InChI is InChI=1S/C65H44BN/c1-6-23-45(24-7-1)49-41-52(44-53(42-49)67-60-39-20-18-37-58(60)65(50-30-12-4-13-31-50,51-32-14-5-15-33-51)59-38-19-21-40-61(59)67)66-63-55(46-25-8-2-9-26-46)35-22-36-56(63)57-43-48-29-16-17-34-54(48)62(64(57)66)47-27-10-3-11-28-47/h1-44H. The Hall–Kier alpha value is -8.46. The van der Waals surface area contributed by atoms with Gasteiger partial charge in [-0.3, -0.25) is 0 Å². The average molecular weight is 850 g/mol. The SMILES string of the molecule is c1ccc(-c2cc(B3c4c(-c5ccccc5)cccc4-c4cc5ccccc5c(-c5ccccc5)c43)cc(N3c4ccccc4C(c4ccccc4)(c4ccccc4)c4ccccc43)c2)cc1. The van der Waals surface area contributed by atoms with E-state index in [2.05, 4.69) is 272 Å². The van der Waals surface area contributed by atoms with Crippen LogP contribution < -0.4 is 21.3 Å². The van der Waals surface area contributed by atoms with Crippen LogP contribution in [0.1, 0.15) is 22.3 Å². The molecule has 0 fully saturated rings. The van der Waals surface area contributed by atoms with E-state index in [1.807, 2.05) is 0 Å². The summed E-state index contributed by atoms with van der Waals surface area (Å²) in [4.78, 5) is 2.54. The summed E-state index contributed by atoms with van der Waals surface area (Å²) in [6, 6.07) is 99.2. The lowest BCUT2D eigenvalue weighted by Crippen LogP contribution is -2.50. The van der Waals surface area contributed by atoms with E-state index >= 15 is 0 Å². The minimum Gasteiger partial charge on any atom is -0.310 e. The Morgan fingerprint density at radius 3 is 1.46 bits per heavy atom. The van der Waals surface area contributed by atoms with Gasteiger partial charge in [0.05, 0.1) is 16.8 Å². The number of hydrogen-bond acceptors (Lipinski definition) is 1. The van der Waals surface area contributed by atoms with E-state index in [1.54, 1.807) is 0 Å². The van der Waals surface area contributed by atoms with Gasteiger partial charge in [0.25, 0.3) is 0 Å². The number of anilines is 3. The molecule has 0 aromatic heterocycles. The highest BCUT2D eigenvalue weighted by molar-refractivity contribution is 7.01. The molecule has 0 radical (unpaired) electrons. The second-order valence-electron chi connectivity index (χ2n) is 17.9. The van der Waals surface area contributed by atoms with Gasteiger partial charge >= 0.3 is 0 Å². The van der Waals surface area contributed by atoms with Gasteiger partial charge in [-0.2, -0.15) is 0 Å². The number of hydrogen-bond donors (Lipinski definition) is 0. The summed E-state index contributed by atoms with van der Waals surface area (Å²) in [7, 11) is 0. The molecule has 1 nitrogen and oxygen atoms in total. The third-order valence-corrected chi connectivity index (χ3v) is 14.4. The number of nitrogens with zero attached hydrogens (tertiary/aromatic N) is 1. The van der Waals surface area contributed by atoms with Crippen LogP contribution in [0.5, 0.6) is 0 Å². The molecule has 2 aliphatic rings. The zero-order chi connectivity index (χ0) is 44.3. The smallest absolute Gasteiger partial charge is 0.244 e. The Kier molecular flexibility index (Phi) is 9.25. The summed E-state index contributed by atoms with van der Waals surface area (Å²) in [6.45, 7) is -0.0911. The first-order valence-corrected chi connectivity index (χ1v) is 23.4. The maximum absolute atomic E-state index is 2.54. The Morgan fingerprint density at radius 1 is 0.328 bits per heavy atom. The van der Waals surface area contributed by atoms with Gasteiger partial charge in [0.2, 0.25) is 6.71 Å².